The first-order chi connectivity index (χ1) is 11.7. The third kappa shape index (κ3) is 2.87. The predicted molar refractivity (Wildman–Crippen MR) is 100 cm³/mol. The number of hydrogen-bond acceptors (Lipinski definition) is 3. The highest BCUT2D eigenvalue weighted by atomic mass is 15.3. The molecule has 3 heteroatoms. The van der Waals surface area contributed by atoms with Crippen LogP contribution in [0.25, 0.3) is 10.9 Å². The molecule has 0 saturated carbocycles. The van der Waals surface area contributed by atoms with E-state index in [-0.39, 0.29) is 6.17 Å². The van der Waals surface area contributed by atoms with E-state index in [2.05, 4.69) is 60.4 Å². The Bertz CT molecular complexity index is 841. The smallest absolute Gasteiger partial charge is 0.130 e. The molecule has 2 unspecified atom stereocenters. The fourth-order valence-electron chi connectivity index (χ4n) is 3.61. The van der Waals surface area contributed by atoms with Crippen molar-refractivity contribution >= 4 is 16.7 Å². The van der Waals surface area contributed by atoms with Gasteiger partial charge < -0.3 is 10.6 Å². The largest absolute Gasteiger partial charge is 0.341 e. The van der Waals surface area contributed by atoms with Gasteiger partial charge in [0.1, 0.15) is 5.82 Å². The van der Waals surface area contributed by atoms with E-state index in [0.717, 1.165) is 30.7 Å². The van der Waals surface area contributed by atoms with Gasteiger partial charge in [0, 0.05) is 11.9 Å². The normalized spacial score (nSPS) is 20.7. The molecule has 3 aromatic rings. The number of pyridine rings is 1. The van der Waals surface area contributed by atoms with Gasteiger partial charge in [-0.25, -0.2) is 4.98 Å². The Morgan fingerprint density at radius 2 is 1.83 bits per heavy atom. The third-order valence-electron chi connectivity index (χ3n) is 5.08. The molecule has 1 fully saturated rings. The van der Waals surface area contributed by atoms with Crippen molar-refractivity contribution in [3.63, 3.8) is 0 Å². The Morgan fingerprint density at radius 3 is 2.67 bits per heavy atom. The van der Waals surface area contributed by atoms with Gasteiger partial charge in [0.05, 0.1) is 11.7 Å². The van der Waals surface area contributed by atoms with Crippen LogP contribution in [-0.4, -0.2) is 17.7 Å². The van der Waals surface area contributed by atoms with Crippen molar-refractivity contribution in [3.05, 3.63) is 71.8 Å². The summed E-state index contributed by atoms with van der Waals surface area (Å²) >= 11 is 0. The maximum absolute atomic E-state index is 6.56. The lowest BCUT2D eigenvalue weighted by molar-refractivity contribution is 0.478. The minimum absolute atomic E-state index is 0.0277. The van der Waals surface area contributed by atoms with Gasteiger partial charge in [-0.3, -0.25) is 0 Å². The van der Waals surface area contributed by atoms with Crippen LogP contribution in [0, 0.1) is 12.8 Å². The molecule has 1 aromatic heterocycles. The van der Waals surface area contributed by atoms with E-state index in [0.29, 0.717) is 5.92 Å². The molecule has 122 valence electrons. The Morgan fingerprint density at radius 1 is 1.04 bits per heavy atom. The summed E-state index contributed by atoms with van der Waals surface area (Å²) in [5.74, 6) is 1.47. The van der Waals surface area contributed by atoms with E-state index in [1.54, 1.807) is 0 Å². The lowest BCUT2D eigenvalue weighted by Crippen LogP contribution is -2.41. The topological polar surface area (TPSA) is 42.2 Å². The summed E-state index contributed by atoms with van der Waals surface area (Å²) in [4.78, 5) is 7.06. The Balaban J connectivity index is 1.53. The summed E-state index contributed by atoms with van der Waals surface area (Å²) in [6.07, 6.45) is 2.18. The molecular formula is C21H23N3. The van der Waals surface area contributed by atoms with Gasteiger partial charge in [-0.15, -0.1) is 0 Å². The quantitative estimate of drug-likeness (QED) is 0.796. The molecular weight excluding hydrogens is 294 g/mol. The van der Waals surface area contributed by atoms with Gasteiger partial charge in [0.2, 0.25) is 0 Å². The van der Waals surface area contributed by atoms with E-state index < -0.39 is 0 Å². The second-order valence-electron chi connectivity index (χ2n) is 6.78. The average molecular weight is 317 g/mol. The number of benzene rings is 2. The molecule has 2 N–H and O–H groups in total. The number of aromatic nitrogens is 1. The van der Waals surface area contributed by atoms with Gasteiger partial charge in [-0.1, -0.05) is 48.0 Å². The standard InChI is InChI=1S/C21H23N3/c1-15-6-8-16(9-7-15)14-18-12-13-24(21(18)22)20-11-10-17-4-2-3-5-19(17)23-20/h2-11,18,21H,12-14,22H2,1H3. The zero-order chi connectivity index (χ0) is 16.5. The highest BCUT2D eigenvalue weighted by molar-refractivity contribution is 5.80. The summed E-state index contributed by atoms with van der Waals surface area (Å²) in [6.45, 7) is 3.10. The van der Waals surface area contributed by atoms with Crippen LogP contribution in [0.3, 0.4) is 0 Å². The molecule has 1 aliphatic rings. The van der Waals surface area contributed by atoms with Crippen molar-refractivity contribution in [2.75, 3.05) is 11.4 Å². The number of hydrogen-bond donors (Lipinski definition) is 1. The van der Waals surface area contributed by atoms with Crippen molar-refractivity contribution < 1.29 is 0 Å². The summed E-state index contributed by atoms with van der Waals surface area (Å²) in [5.41, 5.74) is 10.3. The zero-order valence-electron chi connectivity index (χ0n) is 14.0. The first-order valence-electron chi connectivity index (χ1n) is 8.64. The van der Waals surface area contributed by atoms with Crippen molar-refractivity contribution in [2.24, 2.45) is 11.7 Å². The number of fused-ring (bicyclic) bond motifs is 1. The van der Waals surface area contributed by atoms with Crippen molar-refractivity contribution in [1.82, 2.24) is 4.98 Å². The summed E-state index contributed by atoms with van der Waals surface area (Å²) < 4.78 is 0. The molecule has 0 radical (unpaired) electrons. The molecule has 1 saturated heterocycles. The molecule has 2 aromatic carbocycles. The fraction of sp³-hybridized carbons (Fsp3) is 0.286. The minimum Gasteiger partial charge on any atom is -0.341 e. The second-order valence-corrected chi connectivity index (χ2v) is 6.78. The van der Waals surface area contributed by atoms with E-state index in [9.17, 15) is 0 Å². The van der Waals surface area contributed by atoms with Gasteiger partial charge in [-0.05, 0) is 49.4 Å². The van der Waals surface area contributed by atoms with Crippen molar-refractivity contribution in [1.29, 1.82) is 0 Å². The highest BCUT2D eigenvalue weighted by Crippen LogP contribution is 2.29. The van der Waals surface area contributed by atoms with Crippen LogP contribution in [0.5, 0.6) is 0 Å². The van der Waals surface area contributed by atoms with Crippen LogP contribution >= 0.6 is 0 Å². The van der Waals surface area contributed by atoms with E-state index in [4.69, 9.17) is 10.7 Å². The zero-order valence-corrected chi connectivity index (χ0v) is 14.0. The summed E-state index contributed by atoms with van der Waals surface area (Å²) in [6, 6.07) is 21.3. The van der Waals surface area contributed by atoms with E-state index in [1.807, 2.05) is 12.1 Å². The molecule has 0 amide bonds. The molecule has 1 aliphatic heterocycles. The number of aryl methyl sites for hydroxylation is 1. The molecule has 2 atom stereocenters. The van der Waals surface area contributed by atoms with Gasteiger partial charge in [0.15, 0.2) is 0 Å². The lowest BCUT2D eigenvalue weighted by atomic mass is 9.96. The molecule has 24 heavy (non-hydrogen) atoms. The first-order valence-corrected chi connectivity index (χ1v) is 8.64. The Hall–Kier alpha value is -2.39. The SMILES string of the molecule is Cc1ccc(CC2CCN(c3ccc4ccccc4n3)C2N)cc1. The second kappa shape index (κ2) is 6.25. The fourth-order valence-corrected chi connectivity index (χ4v) is 3.61. The van der Waals surface area contributed by atoms with E-state index in [1.165, 1.54) is 16.5 Å². The summed E-state index contributed by atoms with van der Waals surface area (Å²) in [5, 5.41) is 1.17. The van der Waals surface area contributed by atoms with Crippen molar-refractivity contribution in [2.45, 2.75) is 25.9 Å². The van der Waals surface area contributed by atoms with Crippen LogP contribution in [-0.2, 0) is 6.42 Å². The van der Waals surface area contributed by atoms with Crippen LogP contribution in [0.2, 0.25) is 0 Å². The van der Waals surface area contributed by atoms with Crippen LogP contribution in [0.4, 0.5) is 5.82 Å². The molecule has 0 spiro atoms. The number of nitrogens with zero attached hydrogens (tertiary/aromatic N) is 2. The van der Waals surface area contributed by atoms with Crippen LogP contribution < -0.4 is 10.6 Å². The minimum atomic E-state index is 0.0277. The van der Waals surface area contributed by atoms with Gasteiger partial charge in [-0.2, -0.15) is 0 Å². The average Bonchev–Trinajstić information content (AvgIpc) is 2.97. The predicted octanol–water partition coefficient (Wildman–Crippen LogP) is 3.90. The number of rotatable bonds is 3. The van der Waals surface area contributed by atoms with Crippen LogP contribution in [0.1, 0.15) is 17.5 Å². The number of anilines is 1. The molecule has 0 aliphatic carbocycles. The first kappa shape index (κ1) is 15.2. The maximum Gasteiger partial charge on any atom is 0.130 e. The molecule has 4 rings (SSSR count). The van der Waals surface area contributed by atoms with Gasteiger partial charge >= 0.3 is 0 Å². The number of nitrogens with two attached hydrogens (primary N) is 1. The summed E-state index contributed by atoms with van der Waals surface area (Å²) in [7, 11) is 0. The lowest BCUT2D eigenvalue weighted by Gasteiger charge is -2.26. The van der Waals surface area contributed by atoms with Crippen molar-refractivity contribution in [3.8, 4) is 0 Å². The monoisotopic (exact) mass is 317 g/mol. The molecule has 2 heterocycles. The Kier molecular flexibility index (Phi) is 3.95. The third-order valence-corrected chi connectivity index (χ3v) is 5.08. The van der Waals surface area contributed by atoms with Gasteiger partial charge in [0.25, 0.3) is 0 Å². The number of para-hydroxylation sites is 1. The van der Waals surface area contributed by atoms with E-state index >= 15 is 0 Å². The maximum atomic E-state index is 6.56. The van der Waals surface area contributed by atoms with Crippen LogP contribution in [0.15, 0.2) is 60.7 Å². The highest BCUT2D eigenvalue weighted by Gasteiger charge is 2.32. The Labute approximate surface area is 143 Å². The molecule has 3 nitrogen and oxygen atoms in total. The molecule has 0 bridgehead atoms.